The molecule has 24 heavy (non-hydrogen) atoms. The summed E-state index contributed by atoms with van der Waals surface area (Å²) in [5, 5.41) is 10.4. The van der Waals surface area contributed by atoms with Gasteiger partial charge in [-0.2, -0.15) is 0 Å². The Bertz CT molecular complexity index is 698. The van der Waals surface area contributed by atoms with Crippen LogP contribution in [-0.2, 0) is 4.79 Å². The van der Waals surface area contributed by atoms with E-state index in [0.29, 0.717) is 17.9 Å². The smallest absolute Gasteiger partial charge is 0.164 e. The number of carboxylic acids is 1. The van der Waals surface area contributed by atoms with Gasteiger partial charge < -0.3 is 14.6 Å². The van der Waals surface area contributed by atoms with Crippen LogP contribution in [0.1, 0.15) is 23.7 Å². The monoisotopic (exact) mass is 407 g/mol. The number of hydrogen-bond donors (Lipinski definition) is 0. The van der Waals surface area contributed by atoms with Crippen molar-refractivity contribution in [2.75, 3.05) is 6.61 Å². The summed E-state index contributed by atoms with van der Waals surface area (Å²) in [7, 11) is 0. The van der Waals surface area contributed by atoms with Gasteiger partial charge in [0.2, 0.25) is 0 Å². The first-order valence-electron chi connectivity index (χ1n) is 7.38. The number of ketones is 1. The van der Waals surface area contributed by atoms with Crippen LogP contribution in [0, 0.1) is 0 Å². The van der Waals surface area contributed by atoms with Gasteiger partial charge in [0.25, 0.3) is 0 Å². The molecule has 2 rings (SSSR count). The predicted octanol–water partition coefficient (Wildman–Crippen LogP) is 3.33. The van der Waals surface area contributed by atoms with Crippen LogP contribution >= 0.6 is 27.7 Å². The van der Waals surface area contributed by atoms with Crippen LogP contribution in [-0.4, -0.2) is 23.6 Å². The van der Waals surface area contributed by atoms with Crippen LogP contribution in [0.5, 0.6) is 5.75 Å². The summed E-state index contributed by atoms with van der Waals surface area (Å²) in [5.74, 6) is -0.811. The minimum atomic E-state index is -1.25. The van der Waals surface area contributed by atoms with Crippen LogP contribution in [0.25, 0.3) is 0 Å². The largest absolute Gasteiger partial charge is 0.549 e. The molecule has 0 aliphatic heterocycles. The lowest BCUT2D eigenvalue weighted by Crippen LogP contribution is -2.35. The molecule has 0 radical (unpaired) electrons. The summed E-state index contributed by atoms with van der Waals surface area (Å²) in [4.78, 5) is 24.5. The van der Waals surface area contributed by atoms with Gasteiger partial charge in [-0.25, -0.2) is 0 Å². The van der Waals surface area contributed by atoms with Crippen LogP contribution in [0.15, 0.2) is 57.9 Å². The highest BCUT2D eigenvalue weighted by atomic mass is 79.9. The van der Waals surface area contributed by atoms with Crippen LogP contribution in [0.3, 0.4) is 0 Å². The van der Waals surface area contributed by atoms with E-state index in [1.54, 1.807) is 36.4 Å². The van der Waals surface area contributed by atoms with Crippen molar-refractivity contribution in [1.29, 1.82) is 0 Å². The number of carbonyl (C=O) groups excluding carboxylic acids is 2. The topological polar surface area (TPSA) is 66.4 Å². The lowest BCUT2D eigenvalue weighted by molar-refractivity contribution is -0.304. The Morgan fingerprint density at radius 3 is 2.29 bits per heavy atom. The highest BCUT2D eigenvalue weighted by molar-refractivity contribution is 9.10. The zero-order valence-corrected chi connectivity index (χ0v) is 15.4. The molecular formula is C18H16BrO4S-. The Morgan fingerprint density at radius 1 is 1.12 bits per heavy atom. The molecule has 0 fully saturated rings. The molecule has 0 unspecified atom stereocenters. The molecule has 0 heterocycles. The summed E-state index contributed by atoms with van der Waals surface area (Å²) in [6.07, 6.45) is -0.128. The molecule has 2 aromatic carbocycles. The Labute approximate surface area is 153 Å². The molecule has 0 saturated carbocycles. The van der Waals surface area contributed by atoms with E-state index in [2.05, 4.69) is 15.9 Å². The van der Waals surface area contributed by atoms with Gasteiger partial charge in [0.15, 0.2) is 5.78 Å². The van der Waals surface area contributed by atoms with E-state index in [1.165, 1.54) is 0 Å². The number of benzene rings is 2. The number of ether oxygens (including phenoxy) is 1. The summed E-state index contributed by atoms with van der Waals surface area (Å²) in [6, 6.07) is 13.9. The fourth-order valence-electron chi connectivity index (χ4n) is 2.04. The number of carbonyl (C=O) groups is 2. The third-order valence-corrected chi connectivity index (χ3v) is 4.93. The molecule has 0 amide bonds. The van der Waals surface area contributed by atoms with Gasteiger partial charge in [-0.1, -0.05) is 15.9 Å². The molecule has 1 atom stereocenters. The maximum atomic E-state index is 12.3. The average molecular weight is 408 g/mol. The highest BCUT2D eigenvalue weighted by Gasteiger charge is 2.18. The summed E-state index contributed by atoms with van der Waals surface area (Å²) < 4.78 is 6.23. The minimum Gasteiger partial charge on any atom is -0.549 e. The number of rotatable bonds is 8. The van der Waals surface area contributed by atoms with Crippen molar-refractivity contribution >= 4 is 39.4 Å². The van der Waals surface area contributed by atoms with Crippen molar-refractivity contribution in [3.05, 3.63) is 58.6 Å². The third-order valence-electron chi connectivity index (χ3n) is 3.21. The van der Waals surface area contributed by atoms with Crippen LogP contribution in [0.4, 0.5) is 0 Å². The second kappa shape index (κ2) is 8.89. The number of carboxylic acid groups (broad SMARTS) is 1. The van der Waals surface area contributed by atoms with Crippen molar-refractivity contribution in [2.45, 2.75) is 23.5 Å². The molecule has 0 N–H and O–H groups in total. The van der Waals surface area contributed by atoms with E-state index < -0.39 is 11.2 Å². The van der Waals surface area contributed by atoms with E-state index in [1.807, 2.05) is 19.1 Å². The maximum absolute atomic E-state index is 12.3. The molecule has 6 heteroatoms. The normalized spacial score (nSPS) is 11.8. The van der Waals surface area contributed by atoms with Crippen LogP contribution in [0.2, 0.25) is 0 Å². The molecule has 0 bridgehead atoms. The predicted molar refractivity (Wildman–Crippen MR) is 95.4 cm³/mol. The lowest BCUT2D eigenvalue weighted by atomic mass is 10.1. The van der Waals surface area contributed by atoms with Gasteiger partial charge in [0.05, 0.1) is 17.8 Å². The molecule has 0 spiro atoms. The summed E-state index contributed by atoms with van der Waals surface area (Å²) in [5.41, 5.74) is 0.459. The molecular weight excluding hydrogens is 392 g/mol. The molecule has 0 aliphatic carbocycles. The number of thioether (sulfide) groups is 1. The fraction of sp³-hybridized carbons (Fsp3) is 0.222. The van der Waals surface area contributed by atoms with Crippen molar-refractivity contribution < 1.29 is 19.4 Å². The Kier molecular flexibility index (Phi) is 6.87. The van der Waals surface area contributed by atoms with Gasteiger partial charge >= 0.3 is 0 Å². The van der Waals surface area contributed by atoms with E-state index >= 15 is 0 Å². The van der Waals surface area contributed by atoms with Crippen LogP contribution < -0.4 is 9.84 Å². The van der Waals surface area contributed by atoms with Gasteiger partial charge in [0, 0.05) is 21.4 Å². The zero-order valence-electron chi connectivity index (χ0n) is 13.0. The van der Waals surface area contributed by atoms with Gasteiger partial charge in [-0.15, -0.1) is 11.8 Å². The Hall–Kier alpha value is -1.79. The second-order valence-electron chi connectivity index (χ2n) is 4.96. The second-order valence-corrected chi connectivity index (χ2v) is 7.16. The molecule has 0 aliphatic rings. The van der Waals surface area contributed by atoms with E-state index in [9.17, 15) is 14.7 Å². The minimum absolute atomic E-state index is 0.128. The van der Waals surface area contributed by atoms with E-state index in [-0.39, 0.29) is 12.2 Å². The zero-order chi connectivity index (χ0) is 17.5. The maximum Gasteiger partial charge on any atom is 0.164 e. The van der Waals surface area contributed by atoms with Gasteiger partial charge in [-0.05, 0) is 55.5 Å². The molecule has 0 aromatic heterocycles. The molecule has 126 valence electrons. The first-order valence-corrected chi connectivity index (χ1v) is 9.06. The lowest BCUT2D eigenvalue weighted by Gasteiger charge is -2.17. The Balaban J connectivity index is 2.05. The van der Waals surface area contributed by atoms with Crippen molar-refractivity contribution in [3.63, 3.8) is 0 Å². The molecule has 0 saturated heterocycles. The van der Waals surface area contributed by atoms with E-state index in [0.717, 1.165) is 21.1 Å². The summed E-state index contributed by atoms with van der Waals surface area (Å²) in [6.45, 7) is 2.42. The Morgan fingerprint density at radius 2 is 1.75 bits per heavy atom. The quantitative estimate of drug-likeness (QED) is 0.495. The SMILES string of the molecule is CCOc1ccc(C(=O)C[C@H](Sc2ccc(Br)cc2)C(=O)[O-])cc1. The fourth-order valence-corrected chi connectivity index (χ4v) is 3.26. The standard InChI is InChI=1S/C18H17BrO4S/c1-2-23-14-7-3-12(4-8-14)16(20)11-17(18(21)22)24-15-9-5-13(19)6-10-15/h3-10,17H,2,11H2,1H3,(H,21,22)/p-1/t17-/m0/s1. The number of hydrogen-bond acceptors (Lipinski definition) is 5. The van der Waals surface area contributed by atoms with Crippen molar-refractivity contribution in [2.24, 2.45) is 0 Å². The van der Waals surface area contributed by atoms with Crippen molar-refractivity contribution in [1.82, 2.24) is 0 Å². The number of halogens is 1. The van der Waals surface area contributed by atoms with Gasteiger partial charge in [-0.3, -0.25) is 4.79 Å². The van der Waals surface area contributed by atoms with Gasteiger partial charge in [0.1, 0.15) is 5.75 Å². The average Bonchev–Trinajstić information content (AvgIpc) is 2.57. The highest BCUT2D eigenvalue weighted by Crippen LogP contribution is 2.27. The van der Waals surface area contributed by atoms with E-state index in [4.69, 9.17) is 4.74 Å². The third kappa shape index (κ3) is 5.39. The molecule has 2 aromatic rings. The van der Waals surface area contributed by atoms with Crippen molar-refractivity contribution in [3.8, 4) is 5.75 Å². The first kappa shape index (κ1) is 18.5. The number of aliphatic carboxylic acids is 1. The number of Topliss-reactive ketones (excluding diaryl/α,β-unsaturated/α-hetero) is 1. The first-order chi connectivity index (χ1) is 11.5. The summed E-state index contributed by atoms with van der Waals surface area (Å²) >= 11 is 4.44. The molecule has 4 nitrogen and oxygen atoms in total.